The topological polar surface area (TPSA) is 139 Å². The van der Waals surface area contributed by atoms with Gasteiger partial charge in [-0.05, 0) is 57.5 Å². The smallest absolute Gasteiger partial charge is 0.420 e. The van der Waals surface area contributed by atoms with E-state index in [2.05, 4.69) is 26.4 Å². The van der Waals surface area contributed by atoms with Crippen molar-refractivity contribution in [1.82, 2.24) is 19.9 Å². The Kier molecular flexibility index (Phi) is 9.46. The number of nitrogens with two attached hydrogens (primary N) is 2. The van der Waals surface area contributed by atoms with Crippen molar-refractivity contribution >= 4 is 60.6 Å². The van der Waals surface area contributed by atoms with E-state index in [1.165, 1.54) is 6.20 Å². The normalized spacial score (nSPS) is 17.4. The molecule has 53 heavy (non-hydrogen) atoms. The summed E-state index contributed by atoms with van der Waals surface area (Å²) in [5, 5.41) is 9.43. The van der Waals surface area contributed by atoms with Crippen LogP contribution in [0.2, 0.25) is 5.02 Å². The maximum absolute atomic E-state index is 17.5. The van der Waals surface area contributed by atoms with Gasteiger partial charge in [-0.2, -0.15) is 28.4 Å². The van der Waals surface area contributed by atoms with Gasteiger partial charge in [0.25, 0.3) is 0 Å². The summed E-state index contributed by atoms with van der Waals surface area (Å²) < 4.78 is 91.1. The molecule has 0 spiro atoms. The van der Waals surface area contributed by atoms with Gasteiger partial charge in [0.2, 0.25) is 0 Å². The van der Waals surface area contributed by atoms with Gasteiger partial charge in [-0.15, -0.1) is 17.9 Å². The molecule has 17 heteroatoms. The summed E-state index contributed by atoms with van der Waals surface area (Å²) in [7, 11) is 1.95. The lowest BCUT2D eigenvalue weighted by atomic mass is 9.91. The van der Waals surface area contributed by atoms with Crippen LogP contribution in [-0.4, -0.2) is 58.7 Å². The van der Waals surface area contributed by atoms with Crippen LogP contribution >= 0.6 is 22.9 Å². The second-order valence-electron chi connectivity index (χ2n) is 12.9. The number of hydrogen-bond acceptors (Lipinski definition) is 11. The third-order valence-electron chi connectivity index (χ3n) is 9.79. The first-order valence-corrected chi connectivity index (χ1v) is 17.8. The molecule has 1 saturated heterocycles. The number of nitriles is 1. The monoisotopic (exact) mass is 770 g/mol. The van der Waals surface area contributed by atoms with Crippen molar-refractivity contribution in [2.24, 2.45) is 0 Å². The van der Waals surface area contributed by atoms with E-state index in [0.29, 0.717) is 16.9 Å². The molecule has 2 aliphatic heterocycles. The maximum Gasteiger partial charge on any atom is 0.420 e. The van der Waals surface area contributed by atoms with E-state index >= 15 is 22.0 Å². The lowest BCUT2D eigenvalue weighted by Gasteiger charge is -2.33. The number of likely N-dealkylation sites (N-methyl/N-ethyl adjacent to an activating group) is 1. The SMILES string of the molecule is C=CC[C@H](c1cc(Cl)cnc1N)N1CCOc2c(C(F)(F)F)c(-c3ccc(F)c4sc(N)c(C#N)c34)c(F)c3nc(OC(C)C4CCCN4C)nc1c23. The maximum atomic E-state index is 17.5. The fraction of sp³-hybridized carbons (Fsp3) is 0.333. The number of anilines is 3. The number of likely N-dealkylation sites (tertiary alicyclic amines) is 1. The molecule has 2 aromatic carbocycles. The minimum absolute atomic E-state index is 0.0387. The van der Waals surface area contributed by atoms with Gasteiger partial charge < -0.3 is 25.8 Å². The van der Waals surface area contributed by atoms with Crippen LogP contribution in [0.4, 0.5) is 38.6 Å². The average Bonchev–Trinajstić information content (AvgIpc) is 3.64. The third kappa shape index (κ3) is 6.20. The molecular weight excluding hydrogens is 739 g/mol. The number of fused-ring (bicyclic) bond motifs is 1. The first-order valence-electron chi connectivity index (χ1n) is 16.6. The quantitative estimate of drug-likeness (QED) is 0.117. The highest BCUT2D eigenvalue weighted by atomic mass is 35.5. The van der Waals surface area contributed by atoms with Crippen molar-refractivity contribution in [1.29, 1.82) is 5.26 Å². The Labute approximate surface area is 309 Å². The highest BCUT2D eigenvalue weighted by Gasteiger charge is 2.44. The van der Waals surface area contributed by atoms with Crippen molar-refractivity contribution < 1.29 is 31.4 Å². The summed E-state index contributed by atoms with van der Waals surface area (Å²) in [5.74, 6) is -3.01. The lowest BCUT2D eigenvalue weighted by molar-refractivity contribution is -0.138. The molecule has 276 valence electrons. The minimum atomic E-state index is -5.24. The molecule has 0 saturated carbocycles. The number of thiophene rings is 1. The van der Waals surface area contributed by atoms with Crippen molar-refractivity contribution in [3.8, 4) is 29.0 Å². The number of ether oxygens (including phenoxy) is 2. The molecule has 0 aliphatic carbocycles. The zero-order chi connectivity index (χ0) is 37.9. The number of benzene rings is 2. The van der Waals surface area contributed by atoms with Crippen LogP contribution < -0.4 is 25.8 Å². The molecule has 0 bridgehead atoms. The summed E-state index contributed by atoms with van der Waals surface area (Å²) in [6, 6.07) is 4.24. The van der Waals surface area contributed by atoms with Crippen LogP contribution in [0.5, 0.6) is 11.8 Å². The first kappa shape index (κ1) is 36.4. The Morgan fingerprint density at radius 3 is 2.68 bits per heavy atom. The molecule has 5 heterocycles. The van der Waals surface area contributed by atoms with Crippen LogP contribution in [-0.2, 0) is 6.18 Å². The second kappa shape index (κ2) is 13.8. The zero-order valence-corrected chi connectivity index (χ0v) is 30.0. The Morgan fingerprint density at radius 2 is 2.00 bits per heavy atom. The molecular formula is C36H32ClF5N8O2S. The van der Waals surface area contributed by atoms with E-state index in [4.69, 9.17) is 32.5 Å². The molecule has 3 aromatic heterocycles. The van der Waals surface area contributed by atoms with Gasteiger partial charge in [-0.25, -0.2) is 13.8 Å². The van der Waals surface area contributed by atoms with Gasteiger partial charge in [0.05, 0.1) is 33.3 Å². The van der Waals surface area contributed by atoms with Gasteiger partial charge in [0, 0.05) is 28.8 Å². The van der Waals surface area contributed by atoms with E-state index in [0.717, 1.165) is 31.5 Å². The summed E-state index contributed by atoms with van der Waals surface area (Å²) in [6.07, 6.45) is -0.852. The molecule has 1 fully saturated rings. The highest BCUT2D eigenvalue weighted by Crippen LogP contribution is 2.54. The fourth-order valence-electron chi connectivity index (χ4n) is 7.44. The Hall–Kier alpha value is -4.98. The molecule has 2 aliphatic rings. The summed E-state index contributed by atoms with van der Waals surface area (Å²) in [6.45, 7) is 6.14. The predicted octanol–water partition coefficient (Wildman–Crippen LogP) is 8.27. The fourth-order valence-corrected chi connectivity index (χ4v) is 8.56. The molecule has 5 aromatic rings. The van der Waals surface area contributed by atoms with Crippen LogP contribution in [0.1, 0.15) is 48.9 Å². The number of nitrogen functional groups attached to an aromatic ring is 2. The largest absolute Gasteiger partial charge is 0.490 e. The van der Waals surface area contributed by atoms with Crippen molar-refractivity contribution in [3.63, 3.8) is 0 Å². The predicted molar refractivity (Wildman–Crippen MR) is 194 cm³/mol. The number of nitrogens with zero attached hydrogens (tertiary/aromatic N) is 6. The van der Waals surface area contributed by atoms with E-state index in [1.807, 2.05) is 20.0 Å². The number of halogens is 6. The van der Waals surface area contributed by atoms with E-state index < -0.39 is 57.9 Å². The Balaban J connectivity index is 1.58. The van der Waals surface area contributed by atoms with E-state index in [1.54, 1.807) is 17.0 Å². The van der Waals surface area contributed by atoms with Crippen molar-refractivity contribution in [2.75, 3.05) is 43.1 Å². The van der Waals surface area contributed by atoms with E-state index in [9.17, 15) is 5.26 Å². The highest BCUT2D eigenvalue weighted by molar-refractivity contribution is 7.23. The van der Waals surface area contributed by atoms with Gasteiger partial charge in [-0.3, -0.25) is 4.90 Å². The van der Waals surface area contributed by atoms with E-state index in [-0.39, 0.29) is 74.3 Å². The molecule has 3 atom stereocenters. The van der Waals surface area contributed by atoms with Gasteiger partial charge >= 0.3 is 12.2 Å². The number of pyridine rings is 1. The zero-order valence-electron chi connectivity index (χ0n) is 28.4. The van der Waals surface area contributed by atoms with Crippen LogP contribution in [0.3, 0.4) is 0 Å². The molecule has 4 N–H and O–H groups in total. The van der Waals surface area contributed by atoms with Crippen LogP contribution in [0.25, 0.3) is 32.1 Å². The summed E-state index contributed by atoms with van der Waals surface area (Å²) in [5.41, 5.74) is 9.04. The molecule has 10 nitrogen and oxygen atoms in total. The number of rotatable bonds is 8. The Bertz CT molecular complexity index is 2330. The van der Waals surface area contributed by atoms with Gasteiger partial charge in [-0.1, -0.05) is 23.7 Å². The summed E-state index contributed by atoms with van der Waals surface area (Å²) in [4.78, 5) is 17.0. The van der Waals surface area contributed by atoms with Gasteiger partial charge in [0.15, 0.2) is 5.82 Å². The number of aromatic nitrogens is 3. The van der Waals surface area contributed by atoms with Crippen molar-refractivity contribution in [2.45, 2.75) is 50.6 Å². The second-order valence-corrected chi connectivity index (χ2v) is 14.4. The lowest BCUT2D eigenvalue weighted by Crippen LogP contribution is -2.38. The van der Waals surface area contributed by atoms with Crippen LogP contribution in [0, 0.1) is 23.0 Å². The summed E-state index contributed by atoms with van der Waals surface area (Å²) >= 11 is 7.00. The molecule has 0 amide bonds. The minimum Gasteiger partial charge on any atom is -0.490 e. The first-order chi connectivity index (χ1) is 25.2. The Morgan fingerprint density at radius 1 is 1.23 bits per heavy atom. The standard InChI is InChI=1S/C36H32ClF5N8O2S/c1-4-6-23(19-13-17(37)15-46-32(19)44)50-11-12-51-30-26-29(47-35(48-34(26)50)52-16(2)22-7-5-10-49(22)3)28(39)25(27(30)36(40,41)42)18-8-9-21(38)31-24(18)20(14-43)33(45)53-31/h4,8-9,13,15-16,22-23H,1,5-7,10-12,45H2,2-3H3,(H2,44,46)/t16?,22?,23-/m1/s1. The molecule has 2 unspecified atom stereocenters. The average molecular weight is 771 g/mol. The van der Waals surface area contributed by atoms with Crippen LogP contribution in [0.15, 0.2) is 37.1 Å². The molecule has 7 rings (SSSR count). The van der Waals surface area contributed by atoms with Crippen molar-refractivity contribution in [3.05, 3.63) is 70.4 Å². The molecule has 0 radical (unpaired) electrons. The van der Waals surface area contributed by atoms with Gasteiger partial charge in [0.1, 0.15) is 58.1 Å². The number of hydrogen-bond donors (Lipinski definition) is 2. The third-order valence-corrected chi connectivity index (χ3v) is 11.0. The number of alkyl halides is 3.